The monoisotopic (exact) mass is 423 g/mol. The molecule has 1 aromatic carbocycles. The molecule has 0 aliphatic heterocycles. The van der Waals surface area contributed by atoms with Gasteiger partial charge in [0.25, 0.3) is 0 Å². The van der Waals surface area contributed by atoms with Crippen LogP contribution in [-0.4, -0.2) is 69.1 Å². The van der Waals surface area contributed by atoms with Crippen LogP contribution in [0.25, 0.3) is 10.4 Å². The van der Waals surface area contributed by atoms with Gasteiger partial charge in [0.05, 0.1) is 13.2 Å². The number of ketones is 1. The minimum atomic E-state index is -2.81. The fraction of sp³-hybridized carbons (Fsp3) is 0.579. The molecule has 1 amide bonds. The topological polar surface area (TPSA) is 124 Å². The second-order valence-corrected chi connectivity index (χ2v) is 9.94. The number of ether oxygens (including phenoxy) is 1. The summed E-state index contributed by atoms with van der Waals surface area (Å²) in [5, 5.41) is 5.95. The van der Waals surface area contributed by atoms with Crippen molar-refractivity contribution in [2.24, 2.45) is 5.11 Å². The summed E-state index contributed by atoms with van der Waals surface area (Å²) in [5.74, 6) is -0.129. The third-order valence-electron chi connectivity index (χ3n) is 4.66. The van der Waals surface area contributed by atoms with Gasteiger partial charge in [-0.25, -0.2) is 0 Å². The summed E-state index contributed by atoms with van der Waals surface area (Å²) in [7, 11) is 0.551. The summed E-state index contributed by atoms with van der Waals surface area (Å²) in [6.45, 7) is 2.85. The molecule has 1 atom stereocenters. The number of benzene rings is 1. The Morgan fingerprint density at radius 1 is 1.24 bits per heavy atom. The van der Waals surface area contributed by atoms with Crippen LogP contribution in [0.3, 0.4) is 0 Å². The van der Waals surface area contributed by atoms with E-state index in [0.29, 0.717) is 24.7 Å². The van der Waals surface area contributed by atoms with Crippen LogP contribution in [-0.2, 0) is 20.5 Å². The summed E-state index contributed by atoms with van der Waals surface area (Å²) in [5.41, 5.74) is 9.97. The Morgan fingerprint density at radius 2 is 1.93 bits per heavy atom. The standard InChI is InChI=1S/C19H30N5O4P/c1-16(25)18-6-4-17(5-7-18)8-11-24(3)29(27,14-9-19(26)21-2)15-13-28-12-10-22-23-20/h4-7H,8-15H2,1-3H3,(H,21,26). The van der Waals surface area contributed by atoms with E-state index in [2.05, 4.69) is 15.3 Å². The molecule has 1 unspecified atom stereocenters. The highest BCUT2D eigenvalue weighted by atomic mass is 31.2. The number of carbonyl (C=O) groups excluding carboxylic acids is 2. The first-order valence-corrected chi connectivity index (χ1v) is 11.5. The van der Waals surface area contributed by atoms with E-state index in [4.69, 9.17) is 10.3 Å². The molecule has 0 heterocycles. The Labute approximate surface area is 171 Å². The maximum atomic E-state index is 13.5. The molecule has 1 rings (SSSR count). The molecule has 1 N–H and O–H groups in total. The van der Waals surface area contributed by atoms with Gasteiger partial charge in [0.2, 0.25) is 5.91 Å². The lowest BCUT2D eigenvalue weighted by Crippen LogP contribution is -2.26. The third kappa shape index (κ3) is 9.24. The largest absolute Gasteiger partial charge is 0.381 e. The number of likely N-dealkylation sites (N-methyl/N-ethyl adjacent to an activating group) is 1. The summed E-state index contributed by atoms with van der Waals surface area (Å²) >= 11 is 0. The van der Waals surface area contributed by atoms with Crippen molar-refractivity contribution in [3.8, 4) is 0 Å². The van der Waals surface area contributed by atoms with E-state index >= 15 is 0 Å². The van der Waals surface area contributed by atoms with Gasteiger partial charge in [-0.05, 0) is 31.5 Å². The normalized spacial score (nSPS) is 12.8. The van der Waals surface area contributed by atoms with Crippen molar-refractivity contribution < 1.29 is 18.9 Å². The highest BCUT2D eigenvalue weighted by molar-refractivity contribution is 7.61. The van der Waals surface area contributed by atoms with E-state index in [9.17, 15) is 14.2 Å². The van der Waals surface area contributed by atoms with Crippen LogP contribution in [0.5, 0.6) is 0 Å². The molecule has 10 heteroatoms. The zero-order valence-corrected chi connectivity index (χ0v) is 18.2. The van der Waals surface area contributed by atoms with Gasteiger partial charge in [-0.2, -0.15) is 0 Å². The molecule has 160 valence electrons. The summed E-state index contributed by atoms with van der Waals surface area (Å²) in [6.07, 6.45) is 1.45. The second-order valence-electron chi connectivity index (χ2n) is 6.67. The molecule has 0 aromatic heterocycles. The summed E-state index contributed by atoms with van der Waals surface area (Å²) in [4.78, 5) is 25.7. The van der Waals surface area contributed by atoms with Crippen LogP contribution < -0.4 is 5.32 Å². The molecule has 0 aliphatic carbocycles. The number of nitrogens with one attached hydrogen (secondary N) is 1. The molecule has 1 aromatic rings. The second kappa shape index (κ2) is 13.1. The summed E-state index contributed by atoms with van der Waals surface area (Å²) < 4.78 is 20.8. The predicted octanol–water partition coefficient (Wildman–Crippen LogP) is 3.10. The van der Waals surface area contributed by atoms with Gasteiger partial charge in [0.15, 0.2) is 13.1 Å². The van der Waals surface area contributed by atoms with Crippen LogP contribution in [0, 0.1) is 0 Å². The first-order valence-electron chi connectivity index (χ1n) is 9.51. The zero-order chi connectivity index (χ0) is 21.7. The molecule has 9 nitrogen and oxygen atoms in total. The van der Waals surface area contributed by atoms with Gasteiger partial charge in [0, 0.05) is 49.4 Å². The highest BCUT2D eigenvalue weighted by Crippen LogP contribution is 2.48. The lowest BCUT2D eigenvalue weighted by Gasteiger charge is -2.28. The maximum Gasteiger partial charge on any atom is 0.220 e. The van der Waals surface area contributed by atoms with E-state index < -0.39 is 7.29 Å². The Bertz CT molecular complexity index is 762. The molecule has 0 fully saturated rings. The quantitative estimate of drug-likeness (QED) is 0.123. The SMILES string of the molecule is CNC(=O)CCP(=O)(CCOCCN=[N+]=[N-])N(C)CCc1ccc(C(C)=O)cc1. The van der Waals surface area contributed by atoms with E-state index in [-0.39, 0.29) is 44.0 Å². The maximum absolute atomic E-state index is 13.5. The lowest BCUT2D eigenvalue weighted by molar-refractivity contribution is -0.120. The van der Waals surface area contributed by atoms with Crippen molar-refractivity contribution in [3.05, 3.63) is 45.8 Å². The van der Waals surface area contributed by atoms with Gasteiger partial charge in [0.1, 0.15) is 0 Å². The van der Waals surface area contributed by atoms with E-state index in [1.54, 1.807) is 26.2 Å². The average Bonchev–Trinajstić information content (AvgIpc) is 2.72. The Balaban J connectivity index is 2.68. The Morgan fingerprint density at radius 3 is 2.52 bits per heavy atom. The molecule has 0 spiro atoms. The van der Waals surface area contributed by atoms with Gasteiger partial charge >= 0.3 is 0 Å². The fourth-order valence-electron chi connectivity index (χ4n) is 2.69. The number of hydrogen-bond donors (Lipinski definition) is 1. The number of hydrogen-bond acceptors (Lipinski definition) is 5. The smallest absolute Gasteiger partial charge is 0.220 e. The number of Topliss-reactive ketones (excluding diaryl/α,β-unsaturated/α-hetero) is 1. The molecule has 0 bridgehead atoms. The molecular formula is C19H30N5O4P. The lowest BCUT2D eigenvalue weighted by atomic mass is 10.1. The van der Waals surface area contributed by atoms with Gasteiger partial charge in [-0.15, -0.1) is 0 Å². The zero-order valence-electron chi connectivity index (χ0n) is 17.3. The molecular weight excluding hydrogens is 393 g/mol. The van der Waals surface area contributed by atoms with Crippen LogP contribution in [0.4, 0.5) is 0 Å². The summed E-state index contributed by atoms with van der Waals surface area (Å²) in [6, 6.07) is 7.39. The van der Waals surface area contributed by atoms with Crippen molar-refractivity contribution in [2.75, 3.05) is 52.7 Å². The first-order chi connectivity index (χ1) is 13.8. The van der Waals surface area contributed by atoms with Gasteiger partial charge in [-0.1, -0.05) is 29.4 Å². The minimum absolute atomic E-state index is 0.0211. The van der Waals surface area contributed by atoms with Crippen LogP contribution in [0.1, 0.15) is 29.3 Å². The number of carbonyl (C=O) groups is 2. The fourth-order valence-corrected chi connectivity index (χ4v) is 5.03. The number of azide groups is 1. The minimum Gasteiger partial charge on any atom is -0.381 e. The van der Waals surface area contributed by atoms with Gasteiger partial charge < -0.3 is 14.6 Å². The van der Waals surface area contributed by atoms with Crippen LogP contribution in [0.2, 0.25) is 0 Å². The van der Waals surface area contributed by atoms with Crippen molar-refractivity contribution in [3.63, 3.8) is 0 Å². The molecule has 0 radical (unpaired) electrons. The van der Waals surface area contributed by atoms with Crippen molar-refractivity contribution in [2.45, 2.75) is 19.8 Å². The Hall–Kier alpha value is -2.18. The number of rotatable bonds is 14. The van der Waals surface area contributed by atoms with Crippen molar-refractivity contribution in [1.82, 2.24) is 9.99 Å². The molecule has 0 saturated carbocycles. The van der Waals surface area contributed by atoms with Crippen LogP contribution >= 0.6 is 7.29 Å². The average molecular weight is 423 g/mol. The van der Waals surface area contributed by atoms with Crippen molar-refractivity contribution in [1.29, 1.82) is 0 Å². The molecule has 0 saturated heterocycles. The number of amides is 1. The Kier molecular flexibility index (Phi) is 11.2. The van der Waals surface area contributed by atoms with Crippen molar-refractivity contribution >= 4 is 19.0 Å². The highest BCUT2D eigenvalue weighted by Gasteiger charge is 2.28. The molecule has 29 heavy (non-hydrogen) atoms. The third-order valence-corrected chi connectivity index (χ3v) is 7.91. The first kappa shape index (κ1) is 24.9. The van der Waals surface area contributed by atoms with E-state index in [0.717, 1.165) is 5.56 Å². The molecule has 0 aliphatic rings. The van der Waals surface area contributed by atoms with E-state index in [1.807, 2.05) is 16.8 Å². The van der Waals surface area contributed by atoms with Crippen LogP contribution in [0.15, 0.2) is 29.4 Å². The number of nitrogens with zero attached hydrogens (tertiary/aromatic N) is 4. The van der Waals surface area contributed by atoms with Gasteiger partial charge in [-0.3, -0.25) is 14.3 Å². The predicted molar refractivity (Wildman–Crippen MR) is 114 cm³/mol. The van der Waals surface area contributed by atoms with E-state index in [1.165, 1.54) is 6.92 Å².